The monoisotopic (exact) mass is 287 g/mol. The molecule has 1 aliphatic heterocycles. The molecule has 1 aliphatic rings. The van der Waals surface area contributed by atoms with Gasteiger partial charge in [-0.05, 0) is 24.3 Å². The molecule has 5 nitrogen and oxygen atoms in total. The van der Waals surface area contributed by atoms with Crippen LogP contribution in [-0.2, 0) is 15.8 Å². The third kappa shape index (κ3) is 2.80. The third-order valence-corrected chi connectivity index (χ3v) is 2.48. The number of alkyl halides is 3. The predicted octanol–water partition coefficient (Wildman–Crippen LogP) is 1.49. The van der Waals surface area contributed by atoms with Crippen LogP contribution in [0.5, 0.6) is 0 Å². The van der Waals surface area contributed by atoms with Crippen LogP contribution in [-0.4, -0.2) is 28.3 Å². The number of halogens is 3. The number of benzene rings is 1. The van der Waals surface area contributed by atoms with Crippen LogP contribution in [0.2, 0.25) is 0 Å². The molecule has 1 N–H and O–H groups in total. The highest BCUT2D eigenvalue weighted by molar-refractivity contribution is 5.93. The van der Waals surface area contributed by atoms with Gasteiger partial charge in [-0.3, -0.25) is 4.79 Å². The molecule has 0 saturated heterocycles. The van der Waals surface area contributed by atoms with Crippen molar-refractivity contribution in [3.05, 3.63) is 47.5 Å². The lowest BCUT2D eigenvalue weighted by Crippen LogP contribution is -2.36. The van der Waals surface area contributed by atoms with Crippen molar-refractivity contribution in [2.24, 2.45) is 0 Å². The summed E-state index contributed by atoms with van der Waals surface area (Å²) < 4.78 is 37.5. The first-order valence-corrected chi connectivity index (χ1v) is 5.38. The molecule has 0 bridgehead atoms. The number of hydrogen-bond donors (Lipinski definition) is 1. The highest BCUT2D eigenvalue weighted by Crippen LogP contribution is 2.29. The Kier molecular flexibility index (Phi) is 3.49. The van der Waals surface area contributed by atoms with Gasteiger partial charge < -0.3 is 9.94 Å². The molecule has 0 fully saturated rings. The molecule has 20 heavy (non-hydrogen) atoms. The van der Waals surface area contributed by atoms with Gasteiger partial charge in [-0.1, -0.05) is 6.07 Å². The predicted molar refractivity (Wildman–Crippen MR) is 58.9 cm³/mol. The van der Waals surface area contributed by atoms with Crippen LogP contribution in [0.15, 0.2) is 36.4 Å². The van der Waals surface area contributed by atoms with Crippen molar-refractivity contribution in [2.75, 3.05) is 0 Å². The molecular formula is C12H8F3NO4. The summed E-state index contributed by atoms with van der Waals surface area (Å²) in [6.07, 6.45) is -4.00. The molecule has 8 heteroatoms. The van der Waals surface area contributed by atoms with E-state index in [-0.39, 0.29) is 5.56 Å². The standard InChI is InChI=1S/C12H8F3NO4/c13-12(14,15)8-3-1-2-7(6-8)11(19)20-16-9(17)4-5-10(16)18/h1-6,9,17H. The van der Waals surface area contributed by atoms with Gasteiger partial charge in [0.15, 0.2) is 6.23 Å². The maximum Gasteiger partial charge on any atom is 0.416 e. The maximum atomic E-state index is 12.5. The van der Waals surface area contributed by atoms with Crippen molar-refractivity contribution in [1.29, 1.82) is 0 Å². The Hall–Kier alpha value is -2.35. The fourth-order valence-electron chi connectivity index (χ4n) is 1.51. The van der Waals surface area contributed by atoms with Crippen LogP contribution in [0, 0.1) is 0 Å². The molecular weight excluding hydrogens is 279 g/mol. The minimum absolute atomic E-state index is 0.364. The SMILES string of the molecule is O=C(ON1C(=O)C=CC1O)c1cccc(C(F)(F)F)c1. The Bertz CT molecular complexity index is 582. The second-order valence-corrected chi connectivity index (χ2v) is 3.89. The zero-order valence-corrected chi connectivity index (χ0v) is 9.79. The van der Waals surface area contributed by atoms with Gasteiger partial charge in [-0.25, -0.2) is 4.79 Å². The Balaban J connectivity index is 2.16. The van der Waals surface area contributed by atoms with Crippen LogP contribution in [0.25, 0.3) is 0 Å². The van der Waals surface area contributed by atoms with Crippen molar-refractivity contribution < 1.29 is 32.7 Å². The molecule has 0 saturated carbocycles. The molecule has 1 unspecified atom stereocenters. The molecule has 106 valence electrons. The van der Waals surface area contributed by atoms with Crippen molar-refractivity contribution in [2.45, 2.75) is 12.4 Å². The molecule has 1 heterocycles. The molecule has 1 amide bonds. The van der Waals surface area contributed by atoms with Gasteiger partial charge in [0.25, 0.3) is 5.91 Å². The summed E-state index contributed by atoms with van der Waals surface area (Å²) in [4.78, 5) is 27.4. The lowest BCUT2D eigenvalue weighted by molar-refractivity contribution is -0.187. The summed E-state index contributed by atoms with van der Waals surface area (Å²) in [5.41, 5.74) is -1.40. The maximum absolute atomic E-state index is 12.5. The molecule has 0 radical (unpaired) electrons. The van der Waals surface area contributed by atoms with E-state index in [2.05, 4.69) is 4.84 Å². The Labute approximate surface area is 110 Å². The summed E-state index contributed by atoms with van der Waals surface area (Å²) in [5.74, 6) is -1.95. The van der Waals surface area contributed by atoms with Gasteiger partial charge in [0.05, 0.1) is 11.1 Å². The summed E-state index contributed by atoms with van der Waals surface area (Å²) >= 11 is 0. The largest absolute Gasteiger partial charge is 0.416 e. The van der Waals surface area contributed by atoms with Gasteiger partial charge in [-0.15, -0.1) is 5.06 Å². The van der Waals surface area contributed by atoms with Crippen molar-refractivity contribution in [3.63, 3.8) is 0 Å². The van der Waals surface area contributed by atoms with E-state index in [0.29, 0.717) is 11.1 Å². The van der Waals surface area contributed by atoms with E-state index < -0.39 is 29.8 Å². The van der Waals surface area contributed by atoms with Crippen LogP contribution < -0.4 is 0 Å². The summed E-state index contributed by atoms with van der Waals surface area (Å²) in [6, 6.07) is 3.55. The van der Waals surface area contributed by atoms with E-state index in [1.165, 1.54) is 0 Å². The van der Waals surface area contributed by atoms with Gasteiger partial charge in [0, 0.05) is 6.08 Å². The van der Waals surface area contributed by atoms with E-state index in [4.69, 9.17) is 0 Å². The Morgan fingerprint density at radius 3 is 2.60 bits per heavy atom. The number of amides is 1. The van der Waals surface area contributed by atoms with Crippen LogP contribution in [0.4, 0.5) is 13.2 Å². The second-order valence-electron chi connectivity index (χ2n) is 3.89. The average Bonchev–Trinajstić information content (AvgIpc) is 2.69. The lowest BCUT2D eigenvalue weighted by Gasteiger charge is -2.18. The molecule has 0 aliphatic carbocycles. The number of aliphatic hydroxyl groups excluding tert-OH is 1. The smallest absolute Gasteiger partial charge is 0.367 e. The zero-order chi connectivity index (χ0) is 14.9. The van der Waals surface area contributed by atoms with Crippen LogP contribution in [0.1, 0.15) is 15.9 Å². The van der Waals surface area contributed by atoms with E-state index >= 15 is 0 Å². The first-order valence-electron chi connectivity index (χ1n) is 5.38. The van der Waals surface area contributed by atoms with Gasteiger partial charge in [0.2, 0.25) is 0 Å². The molecule has 1 atom stereocenters. The van der Waals surface area contributed by atoms with Crippen molar-refractivity contribution >= 4 is 11.9 Å². The normalized spacial score (nSPS) is 18.5. The molecule has 2 rings (SSSR count). The fourth-order valence-corrected chi connectivity index (χ4v) is 1.51. The molecule has 1 aromatic rings. The first kappa shape index (κ1) is 14.1. The number of hydroxylamine groups is 2. The molecule has 0 spiro atoms. The topological polar surface area (TPSA) is 66.8 Å². The van der Waals surface area contributed by atoms with Crippen LogP contribution in [0.3, 0.4) is 0 Å². The van der Waals surface area contributed by atoms with E-state index in [1.54, 1.807) is 0 Å². The summed E-state index contributed by atoms with van der Waals surface area (Å²) in [5, 5.41) is 9.66. The number of nitrogens with zero attached hydrogens (tertiary/aromatic N) is 1. The zero-order valence-electron chi connectivity index (χ0n) is 9.79. The van der Waals surface area contributed by atoms with Gasteiger partial charge in [-0.2, -0.15) is 13.2 Å². The molecule has 1 aromatic carbocycles. The van der Waals surface area contributed by atoms with E-state index in [0.717, 1.165) is 30.4 Å². The summed E-state index contributed by atoms with van der Waals surface area (Å²) in [7, 11) is 0. The highest BCUT2D eigenvalue weighted by atomic mass is 19.4. The van der Waals surface area contributed by atoms with E-state index in [1.807, 2.05) is 0 Å². The second kappa shape index (κ2) is 4.97. The first-order chi connectivity index (χ1) is 9.29. The van der Waals surface area contributed by atoms with Crippen molar-refractivity contribution in [1.82, 2.24) is 5.06 Å². The number of hydrogen-bond acceptors (Lipinski definition) is 4. The number of rotatable bonds is 2. The minimum Gasteiger partial charge on any atom is -0.367 e. The minimum atomic E-state index is -4.60. The Morgan fingerprint density at radius 2 is 2.05 bits per heavy atom. The lowest BCUT2D eigenvalue weighted by atomic mass is 10.1. The Morgan fingerprint density at radius 1 is 1.35 bits per heavy atom. The highest BCUT2D eigenvalue weighted by Gasteiger charge is 2.32. The third-order valence-electron chi connectivity index (χ3n) is 2.48. The number of carbonyl (C=O) groups excluding carboxylic acids is 2. The van der Waals surface area contributed by atoms with E-state index in [9.17, 15) is 27.9 Å². The fraction of sp³-hybridized carbons (Fsp3) is 0.167. The molecule has 0 aromatic heterocycles. The van der Waals surface area contributed by atoms with Crippen molar-refractivity contribution in [3.8, 4) is 0 Å². The van der Waals surface area contributed by atoms with Crippen LogP contribution >= 0.6 is 0 Å². The van der Waals surface area contributed by atoms with Gasteiger partial charge >= 0.3 is 12.1 Å². The summed E-state index contributed by atoms with van der Waals surface area (Å²) in [6.45, 7) is 0. The number of carbonyl (C=O) groups is 2. The average molecular weight is 287 g/mol. The van der Waals surface area contributed by atoms with Gasteiger partial charge in [0.1, 0.15) is 0 Å². The number of aliphatic hydroxyl groups is 1. The quantitative estimate of drug-likeness (QED) is 0.895.